The molecule has 0 saturated carbocycles. The summed E-state index contributed by atoms with van der Waals surface area (Å²) in [7, 11) is 0. The summed E-state index contributed by atoms with van der Waals surface area (Å²) in [6.07, 6.45) is 7.34. The van der Waals surface area contributed by atoms with Crippen molar-refractivity contribution in [2.45, 2.75) is 20.8 Å². The molecule has 0 radical (unpaired) electrons. The molecular weight excluding hydrogens is 412 g/mol. The summed E-state index contributed by atoms with van der Waals surface area (Å²) in [5.74, 6) is 0. The first kappa shape index (κ1) is 24.5. The molecule has 34 heavy (non-hydrogen) atoms. The van der Waals surface area contributed by atoms with Gasteiger partial charge in [-0.2, -0.15) is 0 Å². The third-order valence-electron chi connectivity index (χ3n) is 5.16. The summed E-state index contributed by atoms with van der Waals surface area (Å²) in [5, 5.41) is 2.52. The van der Waals surface area contributed by atoms with E-state index < -0.39 is 0 Å². The lowest BCUT2D eigenvalue weighted by atomic mass is 10.1. The maximum absolute atomic E-state index is 4.49. The minimum absolute atomic E-state index is 1.00. The zero-order chi connectivity index (χ0) is 24.3. The molecule has 0 saturated heterocycles. The van der Waals surface area contributed by atoms with Crippen LogP contribution >= 0.6 is 0 Å². The van der Waals surface area contributed by atoms with E-state index in [0.29, 0.717) is 0 Å². The van der Waals surface area contributed by atoms with Gasteiger partial charge in [-0.05, 0) is 49.4 Å². The van der Waals surface area contributed by atoms with Crippen LogP contribution in [-0.2, 0) is 0 Å². The number of benzene rings is 3. The second kappa shape index (κ2) is 12.2. The van der Waals surface area contributed by atoms with Crippen molar-refractivity contribution in [3.8, 4) is 16.9 Å². The maximum atomic E-state index is 4.49. The van der Waals surface area contributed by atoms with Crippen LogP contribution < -0.4 is 0 Å². The molecule has 2 heteroatoms. The zero-order valence-electron chi connectivity index (χ0n) is 20.3. The monoisotopic (exact) mass is 444 g/mol. The Bertz CT molecular complexity index is 1390. The number of para-hydroxylation sites is 2. The lowest BCUT2D eigenvalue weighted by Gasteiger charge is -2.07. The summed E-state index contributed by atoms with van der Waals surface area (Å²) >= 11 is 0. The van der Waals surface area contributed by atoms with Gasteiger partial charge in [-0.1, -0.05) is 99.3 Å². The number of aromatic nitrogens is 2. The van der Waals surface area contributed by atoms with Gasteiger partial charge in [0.25, 0.3) is 0 Å². The van der Waals surface area contributed by atoms with E-state index in [4.69, 9.17) is 0 Å². The molecule has 2 heterocycles. The Balaban J connectivity index is 0.000000313. The van der Waals surface area contributed by atoms with Crippen LogP contribution in [0.15, 0.2) is 134 Å². The van der Waals surface area contributed by atoms with Gasteiger partial charge in [-0.3, -0.25) is 4.98 Å². The highest BCUT2D eigenvalue weighted by Gasteiger charge is 2.12. The minimum atomic E-state index is 1.00. The van der Waals surface area contributed by atoms with Crippen LogP contribution in [0.5, 0.6) is 0 Å². The molecule has 0 aliphatic heterocycles. The van der Waals surface area contributed by atoms with Crippen LogP contribution in [0.3, 0.4) is 0 Å². The van der Waals surface area contributed by atoms with Gasteiger partial charge in [0.1, 0.15) is 0 Å². The molecule has 0 bridgehead atoms. The second-order valence-corrected chi connectivity index (χ2v) is 7.58. The highest BCUT2D eigenvalue weighted by atomic mass is 15.0. The Morgan fingerprint density at radius 3 is 2.12 bits per heavy atom. The number of nitrogens with zero attached hydrogens (tertiary/aromatic N) is 2. The van der Waals surface area contributed by atoms with E-state index in [0.717, 1.165) is 16.8 Å². The quantitative estimate of drug-likeness (QED) is 0.253. The molecule has 2 aromatic heterocycles. The predicted molar refractivity (Wildman–Crippen MR) is 150 cm³/mol. The van der Waals surface area contributed by atoms with Crippen molar-refractivity contribution in [2.24, 2.45) is 0 Å². The third kappa shape index (κ3) is 5.60. The van der Waals surface area contributed by atoms with Crippen molar-refractivity contribution in [2.75, 3.05) is 0 Å². The molecule has 0 aliphatic carbocycles. The molecule has 0 atom stereocenters. The highest BCUT2D eigenvalue weighted by Crippen LogP contribution is 2.34. The van der Waals surface area contributed by atoms with Gasteiger partial charge in [0, 0.05) is 28.2 Å². The molecular formula is C32H32N2. The molecule has 0 N–H and O–H groups in total. The number of hydrogen-bond acceptors (Lipinski definition) is 1. The lowest BCUT2D eigenvalue weighted by molar-refractivity contribution is 1.18. The fraction of sp³-hybridized carbons (Fsp3) is 0.0938. The van der Waals surface area contributed by atoms with Crippen LogP contribution in [0.1, 0.15) is 20.8 Å². The van der Waals surface area contributed by atoms with Crippen molar-refractivity contribution in [3.05, 3.63) is 134 Å². The number of hydrogen-bond donors (Lipinski definition) is 0. The van der Waals surface area contributed by atoms with Gasteiger partial charge in [0.15, 0.2) is 0 Å². The largest absolute Gasteiger partial charge is 0.309 e. The van der Waals surface area contributed by atoms with E-state index >= 15 is 0 Å². The molecule has 2 nitrogen and oxygen atoms in total. The van der Waals surface area contributed by atoms with Gasteiger partial charge in [0.2, 0.25) is 0 Å². The van der Waals surface area contributed by atoms with Gasteiger partial charge in [0.05, 0.1) is 16.7 Å². The van der Waals surface area contributed by atoms with Crippen LogP contribution in [0.2, 0.25) is 0 Å². The molecule has 5 aromatic rings. The van der Waals surface area contributed by atoms with E-state index in [1.807, 2.05) is 51.3 Å². The molecule has 0 fully saturated rings. The van der Waals surface area contributed by atoms with E-state index in [9.17, 15) is 0 Å². The lowest BCUT2D eigenvalue weighted by Crippen LogP contribution is -1.92. The van der Waals surface area contributed by atoms with Crippen LogP contribution in [0.4, 0.5) is 0 Å². The summed E-state index contributed by atoms with van der Waals surface area (Å²) in [6.45, 7) is 13.1. The fourth-order valence-electron chi connectivity index (χ4n) is 3.75. The van der Waals surface area contributed by atoms with Crippen LogP contribution in [0, 0.1) is 0 Å². The maximum Gasteiger partial charge on any atom is 0.0702 e. The average molecular weight is 445 g/mol. The summed E-state index contributed by atoms with van der Waals surface area (Å²) in [5.41, 5.74) is 6.82. The molecule has 0 amide bonds. The summed E-state index contributed by atoms with van der Waals surface area (Å²) < 4.78 is 2.33. The Kier molecular flexibility index (Phi) is 8.76. The van der Waals surface area contributed by atoms with Gasteiger partial charge < -0.3 is 4.57 Å². The first-order valence-corrected chi connectivity index (χ1v) is 11.6. The Morgan fingerprint density at radius 1 is 0.794 bits per heavy atom. The number of pyridine rings is 1. The van der Waals surface area contributed by atoms with Gasteiger partial charge in [-0.25, -0.2) is 0 Å². The van der Waals surface area contributed by atoms with Crippen molar-refractivity contribution >= 4 is 21.8 Å². The zero-order valence-corrected chi connectivity index (χ0v) is 20.3. The van der Waals surface area contributed by atoms with Gasteiger partial charge in [-0.15, -0.1) is 0 Å². The molecule has 0 unspecified atom stereocenters. The Hall–Kier alpha value is -4.17. The van der Waals surface area contributed by atoms with Crippen molar-refractivity contribution in [1.29, 1.82) is 0 Å². The fourth-order valence-corrected chi connectivity index (χ4v) is 3.75. The molecule has 0 aliphatic rings. The molecule has 3 aromatic carbocycles. The van der Waals surface area contributed by atoms with Crippen molar-refractivity contribution in [3.63, 3.8) is 0 Å². The topological polar surface area (TPSA) is 17.8 Å². The summed E-state index contributed by atoms with van der Waals surface area (Å²) in [6, 6.07) is 31.7. The first-order valence-electron chi connectivity index (χ1n) is 11.6. The molecule has 170 valence electrons. The number of fused-ring (bicyclic) bond motifs is 3. The average Bonchev–Trinajstić information content (AvgIpc) is 3.24. The van der Waals surface area contributed by atoms with Crippen LogP contribution in [-0.4, -0.2) is 9.55 Å². The van der Waals surface area contributed by atoms with Crippen molar-refractivity contribution in [1.82, 2.24) is 9.55 Å². The van der Waals surface area contributed by atoms with E-state index in [1.165, 1.54) is 27.5 Å². The van der Waals surface area contributed by atoms with Crippen LogP contribution in [0.25, 0.3) is 38.8 Å². The normalized spacial score (nSPS) is 10.3. The first-order chi connectivity index (χ1) is 16.7. The standard InChI is InChI=1S/C23H16N2.C7H10.C2H6/c1-2-8-18(9-3-1)25-22-12-5-4-10-19(22)20-16-17(13-14-23(20)25)21-11-6-7-15-24-21;1-4-5-6-7(2)3;1-2/h1-16H;4-6H,1-2H2,3H3;1-2H3/b;6-5-;. The predicted octanol–water partition coefficient (Wildman–Crippen LogP) is 9.18. The number of allylic oxidation sites excluding steroid dienone is 4. The Morgan fingerprint density at radius 2 is 1.47 bits per heavy atom. The molecule has 5 rings (SSSR count). The SMILES string of the molecule is C=C/C=C\C(=C)C.CC.c1ccc(-n2c3ccccc3c3cc(-c4ccccn4)ccc32)cc1. The smallest absolute Gasteiger partial charge is 0.0702 e. The van der Waals surface area contributed by atoms with Crippen molar-refractivity contribution < 1.29 is 0 Å². The summed E-state index contributed by atoms with van der Waals surface area (Å²) in [4.78, 5) is 4.49. The molecule has 0 spiro atoms. The minimum Gasteiger partial charge on any atom is -0.309 e. The van der Waals surface area contributed by atoms with E-state index in [1.54, 1.807) is 6.08 Å². The van der Waals surface area contributed by atoms with E-state index in [-0.39, 0.29) is 0 Å². The number of rotatable bonds is 4. The Labute approximate surface area is 203 Å². The van der Waals surface area contributed by atoms with Gasteiger partial charge >= 0.3 is 0 Å². The highest BCUT2D eigenvalue weighted by molar-refractivity contribution is 6.10. The second-order valence-electron chi connectivity index (χ2n) is 7.58. The van der Waals surface area contributed by atoms with E-state index in [2.05, 4.69) is 102 Å². The third-order valence-corrected chi connectivity index (χ3v) is 5.16.